The average molecular weight is 263 g/mol. The predicted molar refractivity (Wildman–Crippen MR) is 69.1 cm³/mol. The third-order valence-corrected chi connectivity index (χ3v) is 2.75. The molecule has 0 atom stereocenters. The van der Waals surface area contributed by atoms with Crippen LogP contribution in [-0.2, 0) is 13.2 Å². The molecule has 0 unspecified atom stereocenters. The molecule has 102 valence electrons. The van der Waals surface area contributed by atoms with Gasteiger partial charge >= 0.3 is 0 Å². The lowest BCUT2D eigenvalue weighted by Crippen LogP contribution is -2.08. The number of rotatable bonds is 6. The van der Waals surface area contributed by atoms with E-state index < -0.39 is 0 Å². The van der Waals surface area contributed by atoms with Gasteiger partial charge in [0.25, 0.3) is 0 Å². The lowest BCUT2D eigenvalue weighted by molar-refractivity contribution is 0.268. The highest BCUT2D eigenvalue weighted by Crippen LogP contribution is 2.25. The van der Waals surface area contributed by atoms with Gasteiger partial charge in [-0.15, -0.1) is 0 Å². The van der Waals surface area contributed by atoms with E-state index in [1.165, 1.54) is 0 Å². The number of benzene rings is 1. The van der Waals surface area contributed by atoms with Gasteiger partial charge in [-0.3, -0.25) is 0 Å². The molecule has 1 N–H and O–H groups in total. The van der Waals surface area contributed by atoms with Crippen molar-refractivity contribution in [3.8, 4) is 11.5 Å². The molecule has 0 saturated carbocycles. The van der Waals surface area contributed by atoms with Crippen LogP contribution in [-0.4, -0.2) is 24.5 Å². The van der Waals surface area contributed by atoms with E-state index in [9.17, 15) is 0 Å². The van der Waals surface area contributed by atoms with Crippen molar-refractivity contribution in [2.24, 2.45) is 0 Å². The Balaban J connectivity index is 2.12. The van der Waals surface area contributed by atoms with E-state index >= 15 is 0 Å². The first-order valence-corrected chi connectivity index (χ1v) is 5.97. The van der Waals surface area contributed by atoms with Gasteiger partial charge in [-0.25, -0.2) is 4.63 Å². The molecule has 0 bridgehead atoms. The molecule has 19 heavy (non-hydrogen) atoms. The maximum Gasteiger partial charge on any atom is 0.145 e. The molecule has 2 aromatic rings. The maximum absolute atomic E-state index is 5.76. The minimum atomic E-state index is 0.332. The molecule has 0 amide bonds. The highest BCUT2D eigenvalue weighted by atomic mass is 16.6. The number of nitrogens with zero attached hydrogens (tertiary/aromatic N) is 2. The number of ether oxygens (including phenoxy) is 2. The Morgan fingerprint density at radius 1 is 1.32 bits per heavy atom. The Morgan fingerprint density at radius 3 is 2.79 bits per heavy atom. The number of hydrogen-bond donors (Lipinski definition) is 1. The molecule has 0 aliphatic carbocycles. The Hall–Kier alpha value is -2.08. The SMILES string of the molecule is CNCc1cc(OC)ccc1OCc1nonc1C. The third kappa shape index (κ3) is 3.23. The first kappa shape index (κ1) is 13.4. The van der Waals surface area contributed by atoms with Crippen LogP contribution in [0.4, 0.5) is 0 Å². The molecule has 6 heteroatoms. The van der Waals surface area contributed by atoms with Gasteiger partial charge in [0.1, 0.15) is 29.5 Å². The molecule has 0 aliphatic heterocycles. The van der Waals surface area contributed by atoms with Crippen LogP contribution in [0.1, 0.15) is 17.0 Å². The standard InChI is InChI=1S/C13H17N3O3/c1-9-12(16-19-15-9)8-18-13-5-4-11(17-3)6-10(13)7-14-2/h4-6,14H,7-8H2,1-3H3. The summed E-state index contributed by atoms with van der Waals surface area (Å²) in [4.78, 5) is 0. The van der Waals surface area contributed by atoms with Gasteiger partial charge in [-0.1, -0.05) is 10.3 Å². The van der Waals surface area contributed by atoms with Crippen molar-refractivity contribution in [2.45, 2.75) is 20.1 Å². The van der Waals surface area contributed by atoms with Crippen LogP contribution in [0.2, 0.25) is 0 Å². The van der Waals surface area contributed by atoms with Crippen LogP contribution in [0.3, 0.4) is 0 Å². The van der Waals surface area contributed by atoms with Crippen molar-refractivity contribution in [1.82, 2.24) is 15.6 Å². The molecule has 0 aliphatic rings. The van der Waals surface area contributed by atoms with Crippen molar-refractivity contribution >= 4 is 0 Å². The molecule has 6 nitrogen and oxygen atoms in total. The summed E-state index contributed by atoms with van der Waals surface area (Å²) in [6.45, 7) is 2.86. The van der Waals surface area contributed by atoms with E-state index in [1.807, 2.05) is 32.2 Å². The largest absolute Gasteiger partial charge is 0.497 e. The van der Waals surface area contributed by atoms with Crippen LogP contribution >= 0.6 is 0 Å². The topological polar surface area (TPSA) is 69.4 Å². The molecule has 0 spiro atoms. The Kier molecular flexibility index (Phi) is 4.35. The Bertz CT molecular complexity index is 540. The zero-order valence-electron chi connectivity index (χ0n) is 11.3. The number of methoxy groups -OCH3 is 1. The van der Waals surface area contributed by atoms with Crippen LogP contribution < -0.4 is 14.8 Å². The van der Waals surface area contributed by atoms with E-state index in [2.05, 4.69) is 20.3 Å². The number of nitrogens with one attached hydrogen (secondary N) is 1. The lowest BCUT2D eigenvalue weighted by Gasteiger charge is -2.12. The summed E-state index contributed by atoms with van der Waals surface area (Å²) in [7, 11) is 3.53. The molecule has 1 aromatic carbocycles. The number of hydrogen-bond acceptors (Lipinski definition) is 6. The molecule has 1 aromatic heterocycles. The smallest absolute Gasteiger partial charge is 0.145 e. The van der Waals surface area contributed by atoms with Crippen molar-refractivity contribution in [2.75, 3.05) is 14.2 Å². The van der Waals surface area contributed by atoms with Gasteiger partial charge in [0.2, 0.25) is 0 Å². The molecular formula is C13H17N3O3. The van der Waals surface area contributed by atoms with Gasteiger partial charge in [0.15, 0.2) is 0 Å². The zero-order chi connectivity index (χ0) is 13.7. The average Bonchev–Trinajstić information content (AvgIpc) is 2.83. The van der Waals surface area contributed by atoms with Gasteiger partial charge < -0.3 is 14.8 Å². The minimum absolute atomic E-state index is 0.332. The van der Waals surface area contributed by atoms with E-state index in [-0.39, 0.29) is 0 Å². The Labute approximate surface area is 111 Å². The van der Waals surface area contributed by atoms with Crippen LogP contribution in [0, 0.1) is 6.92 Å². The summed E-state index contributed by atoms with van der Waals surface area (Å²) >= 11 is 0. The number of aryl methyl sites for hydroxylation is 1. The molecular weight excluding hydrogens is 246 g/mol. The number of aromatic nitrogens is 2. The molecule has 0 radical (unpaired) electrons. The first-order valence-electron chi connectivity index (χ1n) is 5.97. The van der Waals surface area contributed by atoms with Crippen LogP contribution in [0.15, 0.2) is 22.8 Å². The monoisotopic (exact) mass is 263 g/mol. The summed E-state index contributed by atoms with van der Waals surface area (Å²) in [5.74, 6) is 1.59. The molecule has 0 fully saturated rings. The van der Waals surface area contributed by atoms with Crippen molar-refractivity contribution < 1.29 is 14.1 Å². The zero-order valence-corrected chi connectivity index (χ0v) is 11.3. The summed E-state index contributed by atoms with van der Waals surface area (Å²) in [5.41, 5.74) is 2.46. The quantitative estimate of drug-likeness (QED) is 0.855. The third-order valence-electron chi connectivity index (χ3n) is 2.75. The molecule has 2 rings (SSSR count). The Morgan fingerprint density at radius 2 is 2.16 bits per heavy atom. The second-order valence-electron chi connectivity index (χ2n) is 4.09. The summed E-state index contributed by atoms with van der Waals surface area (Å²) in [5, 5.41) is 10.6. The molecule has 0 saturated heterocycles. The lowest BCUT2D eigenvalue weighted by atomic mass is 10.2. The van der Waals surface area contributed by atoms with Gasteiger partial charge in [-0.05, 0) is 32.2 Å². The second-order valence-corrected chi connectivity index (χ2v) is 4.09. The van der Waals surface area contributed by atoms with E-state index in [4.69, 9.17) is 9.47 Å². The van der Waals surface area contributed by atoms with E-state index in [0.29, 0.717) is 18.8 Å². The summed E-state index contributed by atoms with van der Waals surface area (Å²) in [6.07, 6.45) is 0. The van der Waals surface area contributed by atoms with Crippen molar-refractivity contribution in [3.63, 3.8) is 0 Å². The van der Waals surface area contributed by atoms with Crippen LogP contribution in [0.5, 0.6) is 11.5 Å². The molecule has 1 heterocycles. The van der Waals surface area contributed by atoms with E-state index in [1.54, 1.807) is 7.11 Å². The van der Waals surface area contributed by atoms with Gasteiger partial charge in [-0.2, -0.15) is 0 Å². The van der Waals surface area contributed by atoms with Crippen LogP contribution in [0.25, 0.3) is 0 Å². The van der Waals surface area contributed by atoms with Crippen molar-refractivity contribution in [3.05, 3.63) is 35.2 Å². The van der Waals surface area contributed by atoms with Gasteiger partial charge in [0.05, 0.1) is 7.11 Å². The van der Waals surface area contributed by atoms with Gasteiger partial charge in [0, 0.05) is 12.1 Å². The second kappa shape index (κ2) is 6.19. The van der Waals surface area contributed by atoms with Crippen molar-refractivity contribution in [1.29, 1.82) is 0 Å². The predicted octanol–water partition coefficient (Wildman–Crippen LogP) is 1.69. The fraction of sp³-hybridized carbons (Fsp3) is 0.385. The fourth-order valence-corrected chi connectivity index (χ4v) is 1.68. The summed E-state index contributed by atoms with van der Waals surface area (Å²) in [6, 6.07) is 5.69. The highest BCUT2D eigenvalue weighted by molar-refractivity contribution is 5.40. The fourth-order valence-electron chi connectivity index (χ4n) is 1.68. The maximum atomic E-state index is 5.76. The summed E-state index contributed by atoms with van der Waals surface area (Å²) < 4.78 is 15.6. The normalized spacial score (nSPS) is 10.5. The highest BCUT2D eigenvalue weighted by Gasteiger charge is 2.09. The minimum Gasteiger partial charge on any atom is -0.497 e. The first-order chi connectivity index (χ1) is 9.24. The van der Waals surface area contributed by atoms with E-state index in [0.717, 1.165) is 22.8 Å².